The standard InChI is InChI=1S/C12H15ClFN3O/c13-10-3-1-2-8(12(10)14)4-17-11(18)7-16-9-5-15-6-9/h1-3,9,15-16H,4-7H2,(H,17,18). The Kier molecular flexibility index (Phi) is 4.52. The van der Waals surface area contributed by atoms with Gasteiger partial charge < -0.3 is 16.0 Å². The van der Waals surface area contributed by atoms with Crippen LogP contribution in [0.3, 0.4) is 0 Å². The first-order chi connectivity index (χ1) is 8.66. The summed E-state index contributed by atoms with van der Waals surface area (Å²) in [7, 11) is 0. The van der Waals surface area contributed by atoms with E-state index in [1.807, 2.05) is 0 Å². The summed E-state index contributed by atoms with van der Waals surface area (Å²) in [6.45, 7) is 2.16. The van der Waals surface area contributed by atoms with Crippen molar-refractivity contribution < 1.29 is 9.18 Å². The normalized spacial score (nSPS) is 15.2. The van der Waals surface area contributed by atoms with Gasteiger partial charge >= 0.3 is 0 Å². The zero-order valence-electron chi connectivity index (χ0n) is 9.80. The largest absolute Gasteiger partial charge is 0.351 e. The van der Waals surface area contributed by atoms with E-state index in [0.717, 1.165) is 13.1 Å². The molecule has 0 saturated carbocycles. The van der Waals surface area contributed by atoms with Gasteiger partial charge in [-0.25, -0.2) is 4.39 Å². The summed E-state index contributed by atoms with van der Waals surface area (Å²) in [5.41, 5.74) is 0.390. The summed E-state index contributed by atoms with van der Waals surface area (Å²) in [4.78, 5) is 11.5. The number of carbonyl (C=O) groups is 1. The first kappa shape index (κ1) is 13.3. The molecule has 18 heavy (non-hydrogen) atoms. The van der Waals surface area contributed by atoms with Crippen molar-refractivity contribution in [3.05, 3.63) is 34.6 Å². The number of carbonyl (C=O) groups excluding carboxylic acids is 1. The molecular weight excluding hydrogens is 257 g/mol. The number of amides is 1. The summed E-state index contributed by atoms with van der Waals surface area (Å²) in [6, 6.07) is 5.10. The van der Waals surface area contributed by atoms with E-state index in [4.69, 9.17) is 11.6 Å². The summed E-state index contributed by atoms with van der Waals surface area (Å²) in [5, 5.41) is 8.90. The Morgan fingerprint density at radius 2 is 2.28 bits per heavy atom. The average molecular weight is 272 g/mol. The van der Waals surface area contributed by atoms with Crippen LogP contribution in [0.2, 0.25) is 5.02 Å². The molecule has 0 bridgehead atoms. The number of halogens is 2. The van der Waals surface area contributed by atoms with E-state index in [-0.39, 0.29) is 24.0 Å². The highest BCUT2D eigenvalue weighted by molar-refractivity contribution is 6.30. The number of hydrogen-bond acceptors (Lipinski definition) is 3. The fourth-order valence-corrected chi connectivity index (χ4v) is 1.81. The molecular formula is C12H15ClFN3O. The predicted octanol–water partition coefficient (Wildman–Crippen LogP) is 0.657. The number of nitrogens with one attached hydrogen (secondary N) is 3. The van der Waals surface area contributed by atoms with Crippen molar-refractivity contribution >= 4 is 17.5 Å². The molecule has 0 aliphatic carbocycles. The maximum Gasteiger partial charge on any atom is 0.234 e. The number of hydrogen-bond donors (Lipinski definition) is 3. The lowest BCUT2D eigenvalue weighted by molar-refractivity contribution is -0.120. The average Bonchev–Trinajstić information content (AvgIpc) is 2.29. The Bertz CT molecular complexity index is 437. The van der Waals surface area contributed by atoms with Crippen LogP contribution < -0.4 is 16.0 Å². The molecule has 0 radical (unpaired) electrons. The minimum Gasteiger partial charge on any atom is -0.351 e. The van der Waals surface area contributed by atoms with E-state index in [1.54, 1.807) is 12.1 Å². The Balaban J connectivity index is 1.76. The lowest BCUT2D eigenvalue weighted by Gasteiger charge is -2.27. The monoisotopic (exact) mass is 271 g/mol. The summed E-state index contributed by atoms with van der Waals surface area (Å²) >= 11 is 5.65. The van der Waals surface area contributed by atoms with E-state index < -0.39 is 5.82 Å². The van der Waals surface area contributed by atoms with Crippen molar-refractivity contribution in [2.45, 2.75) is 12.6 Å². The molecule has 0 aromatic heterocycles. The molecule has 0 unspecified atom stereocenters. The molecule has 1 fully saturated rings. The van der Waals surface area contributed by atoms with Crippen LogP contribution in [0.15, 0.2) is 18.2 Å². The van der Waals surface area contributed by atoms with Crippen molar-refractivity contribution in [3.63, 3.8) is 0 Å². The van der Waals surface area contributed by atoms with Crippen LogP contribution in [0, 0.1) is 5.82 Å². The van der Waals surface area contributed by atoms with Crippen LogP contribution in [-0.4, -0.2) is 31.6 Å². The Labute approximate surface area is 110 Å². The van der Waals surface area contributed by atoms with Gasteiger partial charge in [0.25, 0.3) is 0 Å². The Morgan fingerprint density at radius 1 is 1.50 bits per heavy atom. The second-order valence-corrected chi connectivity index (χ2v) is 4.63. The van der Waals surface area contributed by atoms with Crippen molar-refractivity contribution in [2.24, 2.45) is 0 Å². The van der Waals surface area contributed by atoms with Gasteiger partial charge in [0.2, 0.25) is 5.91 Å². The molecule has 3 N–H and O–H groups in total. The Hall–Kier alpha value is -1.17. The molecule has 1 saturated heterocycles. The summed E-state index contributed by atoms with van der Waals surface area (Å²) in [6.07, 6.45) is 0. The zero-order valence-corrected chi connectivity index (χ0v) is 10.6. The second-order valence-electron chi connectivity index (χ2n) is 4.23. The SMILES string of the molecule is O=C(CNC1CNC1)NCc1cccc(Cl)c1F. The van der Waals surface area contributed by atoms with E-state index >= 15 is 0 Å². The van der Waals surface area contributed by atoms with Gasteiger partial charge in [-0.15, -0.1) is 0 Å². The second kappa shape index (κ2) is 6.13. The molecule has 0 atom stereocenters. The first-order valence-electron chi connectivity index (χ1n) is 5.80. The topological polar surface area (TPSA) is 53.2 Å². The maximum atomic E-state index is 13.5. The Morgan fingerprint density at radius 3 is 2.94 bits per heavy atom. The highest BCUT2D eigenvalue weighted by Crippen LogP contribution is 2.17. The molecule has 4 nitrogen and oxygen atoms in total. The molecule has 1 heterocycles. The van der Waals surface area contributed by atoms with Crippen molar-refractivity contribution in [1.82, 2.24) is 16.0 Å². The van der Waals surface area contributed by atoms with E-state index in [2.05, 4.69) is 16.0 Å². The zero-order chi connectivity index (χ0) is 13.0. The highest BCUT2D eigenvalue weighted by Gasteiger charge is 2.16. The molecule has 1 amide bonds. The van der Waals surface area contributed by atoms with Crippen LogP contribution in [-0.2, 0) is 11.3 Å². The molecule has 0 spiro atoms. The van der Waals surface area contributed by atoms with Crippen molar-refractivity contribution in [2.75, 3.05) is 19.6 Å². The van der Waals surface area contributed by atoms with Gasteiger partial charge in [0.15, 0.2) is 0 Å². The van der Waals surface area contributed by atoms with Gasteiger partial charge in [0, 0.05) is 31.2 Å². The summed E-state index contributed by atoms with van der Waals surface area (Å²) in [5.74, 6) is -0.628. The molecule has 1 aliphatic rings. The first-order valence-corrected chi connectivity index (χ1v) is 6.18. The molecule has 1 aliphatic heterocycles. The molecule has 1 aromatic carbocycles. The van der Waals surface area contributed by atoms with E-state index in [1.165, 1.54) is 6.07 Å². The minimum atomic E-state index is -0.476. The van der Waals surface area contributed by atoms with Crippen LogP contribution in [0.25, 0.3) is 0 Å². The summed E-state index contributed by atoms with van der Waals surface area (Å²) < 4.78 is 13.5. The van der Waals surface area contributed by atoms with Crippen LogP contribution in [0.5, 0.6) is 0 Å². The maximum absolute atomic E-state index is 13.5. The smallest absolute Gasteiger partial charge is 0.234 e. The fraction of sp³-hybridized carbons (Fsp3) is 0.417. The van der Waals surface area contributed by atoms with Crippen molar-refractivity contribution in [1.29, 1.82) is 0 Å². The highest BCUT2D eigenvalue weighted by atomic mass is 35.5. The van der Waals surface area contributed by atoms with E-state index in [0.29, 0.717) is 11.6 Å². The lowest BCUT2D eigenvalue weighted by atomic mass is 10.2. The van der Waals surface area contributed by atoms with Gasteiger partial charge in [-0.1, -0.05) is 23.7 Å². The van der Waals surface area contributed by atoms with Gasteiger partial charge in [-0.05, 0) is 6.07 Å². The predicted molar refractivity (Wildman–Crippen MR) is 67.9 cm³/mol. The number of rotatable bonds is 5. The van der Waals surface area contributed by atoms with Gasteiger partial charge in [0.1, 0.15) is 5.82 Å². The lowest BCUT2D eigenvalue weighted by Crippen LogP contribution is -2.57. The van der Waals surface area contributed by atoms with Crippen LogP contribution in [0.4, 0.5) is 4.39 Å². The van der Waals surface area contributed by atoms with Crippen LogP contribution >= 0.6 is 11.6 Å². The molecule has 98 valence electrons. The van der Waals surface area contributed by atoms with Crippen molar-refractivity contribution in [3.8, 4) is 0 Å². The van der Waals surface area contributed by atoms with E-state index in [9.17, 15) is 9.18 Å². The molecule has 6 heteroatoms. The minimum absolute atomic E-state index is 0.0698. The third-order valence-electron chi connectivity index (χ3n) is 2.84. The molecule has 2 rings (SSSR count). The van der Waals surface area contributed by atoms with Gasteiger partial charge in [0.05, 0.1) is 11.6 Å². The van der Waals surface area contributed by atoms with Gasteiger partial charge in [-0.3, -0.25) is 4.79 Å². The third kappa shape index (κ3) is 3.41. The fourth-order valence-electron chi connectivity index (χ4n) is 1.61. The molecule has 1 aromatic rings. The van der Waals surface area contributed by atoms with Gasteiger partial charge in [-0.2, -0.15) is 0 Å². The quantitative estimate of drug-likeness (QED) is 0.737. The third-order valence-corrected chi connectivity index (χ3v) is 3.13. The number of benzene rings is 1. The van der Waals surface area contributed by atoms with Crippen LogP contribution in [0.1, 0.15) is 5.56 Å².